The van der Waals surface area contributed by atoms with Gasteiger partial charge in [0, 0.05) is 33.6 Å². The van der Waals surface area contributed by atoms with E-state index in [9.17, 15) is 4.39 Å². The van der Waals surface area contributed by atoms with Crippen LogP contribution in [0.25, 0.3) is 22.6 Å². The van der Waals surface area contributed by atoms with E-state index in [-0.39, 0.29) is 12.4 Å². The molecule has 3 aromatic heterocycles. The number of hydrogen-bond donors (Lipinski definition) is 1. The van der Waals surface area contributed by atoms with Gasteiger partial charge in [-0.25, -0.2) is 14.4 Å². The van der Waals surface area contributed by atoms with Crippen molar-refractivity contribution < 1.29 is 13.9 Å². The average molecular weight is 519 g/mol. The quantitative estimate of drug-likeness (QED) is 0.270. The van der Waals surface area contributed by atoms with Crippen molar-refractivity contribution in [2.75, 3.05) is 0 Å². The van der Waals surface area contributed by atoms with Gasteiger partial charge in [-0.15, -0.1) is 0 Å². The van der Waals surface area contributed by atoms with Gasteiger partial charge in [0.2, 0.25) is 0 Å². The number of hydrogen-bond acceptors (Lipinski definition) is 5. The maximum Gasteiger partial charge on any atom is 0.178 e. The van der Waals surface area contributed by atoms with E-state index in [4.69, 9.17) is 9.47 Å². The van der Waals surface area contributed by atoms with Crippen LogP contribution in [0.1, 0.15) is 17.0 Å². The third kappa shape index (κ3) is 5.07. The standard InChI is InChI=1S/C26H20BrFN4O2/c1-16-5-4-7-20(30-16)15-34-22-10-18(25-31-24-11-19(27)13-29-26(24)32-25)9-21(12-22)33-14-17-6-2-3-8-23(17)28/h2-13H,14-15H2,1H3,(H,29,31,32). The first kappa shape index (κ1) is 22.0. The number of halogens is 2. The zero-order valence-corrected chi connectivity index (χ0v) is 19.8. The summed E-state index contributed by atoms with van der Waals surface area (Å²) in [5.74, 6) is 1.42. The smallest absolute Gasteiger partial charge is 0.178 e. The molecule has 5 rings (SSSR count). The van der Waals surface area contributed by atoms with E-state index in [1.165, 1.54) is 6.07 Å². The van der Waals surface area contributed by atoms with Crippen LogP contribution >= 0.6 is 15.9 Å². The number of imidazole rings is 1. The lowest BCUT2D eigenvalue weighted by molar-refractivity contribution is 0.285. The molecular weight excluding hydrogens is 499 g/mol. The van der Waals surface area contributed by atoms with Gasteiger partial charge < -0.3 is 14.5 Å². The molecule has 0 fully saturated rings. The van der Waals surface area contributed by atoms with Crippen LogP contribution in [0.15, 0.2) is 77.4 Å². The molecule has 0 unspecified atom stereocenters. The minimum absolute atomic E-state index is 0.0869. The van der Waals surface area contributed by atoms with Crippen LogP contribution in [0.5, 0.6) is 11.5 Å². The molecule has 8 heteroatoms. The van der Waals surface area contributed by atoms with Gasteiger partial charge >= 0.3 is 0 Å². The molecule has 0 atom stereocenters. The predicted molar refractivity (Wildman–Crippen MR) is 131 cm³/mol. The van der Waals surface area contributed by atoms with Gasteiger partial charge in [0.05, 0.1) is 11.2 Å². The summed E-state index contributed by atoms with van der Waals surface area (Å²) in [5, 5.41) is 0. The molecule has 2 aromatic carbocycles. The highest BCUT2D eigenvalue weighted by Gasteiger charge is 2.12. The first-order valence-electron chi connectivity index (χ1n) is 10.6. The van der Waals surface area contributed by atoms with E-state index >= 15 is 0 Å². The van der Waals surface area contributed by atoms with E-state index in [1.807, 2.05) is 43.3 Å². The molecule has 0 bridgehead atoms. The van der Waals surface area contributed by atoms with Crippen molar-refractivity contribution >= 4 is 27.1 Å². The van der Waals surface area contributed by atoms with Crippen LogP contribution in [0.3, 0.4) is 0 Å². The Morgan fingerprint density at radius 2 is 1.71 bits per heavy atom. The van der Waals surface area contributed by atoms with E-state index in [1.54, 1.807) is 30.5 Å². The number of H-pyrrole nitrogens is 1. The highest BCUT2D eigenvalue weighted by Crippen LogP contribution is 2.31. The summed E-state index contributed by atoms with van der Waals surface area (Å²) in [6.07, 6.45) is 1.70. The van der Waals surface area contributed by atoms with Crippen molar-refractivity contribution in [3.8, 4) is 22.9 Å². The first-order chi connectivity index (χ1) is 16.5. The lowest BCUT2D eigenvalue weighted by Crippen LogP contribution is -2.01. The number of aromatic amines is 1. The number of nitrogens with one attached hydrogen (secondary N) is 1. The summed E-state index contributed by atoms with van der Waals surface area (Å²) in [7, 11) is 0. The molecule has 3 heterocycles. The van der Waals surface area contributed by atoms with Crippen molar-refractivity contribution in [1.82, 2.24) is 19.9 Å². The second kappa shape index (κ2) is 9.61. The summed E-state index contributed by atoms with van der Waals surface area (Å²) in [5.41, 5.74) is 4.36. The lowest BCUT2D eigenvalue weighted by Gasteiger charge is -2.12. The molecule has 0 aliphatic carbocycles. The minimum atomic E-state index is -0.311. The number of rotatable bonds is 7. The monoisotopic (exact) mass is 518 g/mol. The van der Waals surface area contributed by atoms with Gasteiger partial charge in [-0.1, -0.05) is 24.3 Å². The predicted octanol–water partition coefficient (Wildman–Crippen LogP) is 6.39. The Labute approximate surface area is 204 Å². The third-order valence-corrected chi connectivity index (χ3v) is 5.58. The van der Waals surface area contributed by atoms with Gasteiger partial charge in [0.1, 0.15) is 36.4 Å². The average Bonchev–Trinajstić information content (AvgIpc) is 3.26. The van der Waals surface area contributed by atoms with E-state index in [2.05, 4.69) is 35.9 Å². The molecule has 0 aliphatic heterocycles. The number of pyridine rings is 2. The van der Waals surface area contributed by atoms with Crippen molar-refractivity contribution in [2.45, 2.75) is 20.1 Å². The van der Waals surface area contributed by atoms with E-state index in [0.717, 1.165) is 26.9 Å². The summed E-state index contributed by atoms with van der Waals surface area (Å²) in [6, 6.07) is 19.7. The second-order valence-corrected chi connectivity index (χ2v) is 8.66. The molecule has 0 spiro atoms. The largest absolute Gasteiger partial charge is 0.489 e. The number of aryl methyl sites for hydroxylation is 1. The van der Waals surface area contributed by atoms with Crippen LogP contribution in [-0.2, 0) is 13.2 Å². The summed E-state index contributed by atoms with van der Waals surface area (Å²) in [6.45, 7) is 2.32. The van der Waals surface area contributed by atoms with E-state index < -0.39 is 0 Å². The molecule has 1 N–H and O–H groups in total. The molecule has 0 amide bonds. The van der Waals surface area contributed by atoms with Crippen LogP contribution in [0, 0.1) is 12.7 Å². The fraction of sp³-hybridized carbons (Fsp3) is 0.115. The van der Waals surface area contributed by atoms with Crippen LogP contribution < -0.4 is 9.47 Å². The summed E-state index contributed by atoms with van der Waals surface area (Å²) < 4.78 is 26.9. The van der Waals surface area contributed by atoms with Crippen molar-refractivity contribution in [1.29, 1.82) is 0 Å². The van der Waals surface area contributed by atoms with Crippen molar-refractivity contribution in [2.24, 2.45) is 0 Å². The Morgan fingerprint density at radius 1 is 0.912 bits per heavy atom. The van der Waals surface area contributed by atoms with Gasteiger partial charge in [0.15, 0.2) is 5.65 Å². The number of nitrogens with zero attached hydrogens (tertiary/aromatic N) is 3. The van der Waals surface area contributed by atoms with Gasteiger partial charge in [-0.05, 0) is 59.3 Å². The van der Waals surface area contributed by atoms with Crippen molar-refractivity contribution in [3.63, 3.8) is 0 Å². The fourth-order valence-electron chi connectivity index (χ4n) is 3.50. The Morgan fingerprint density at radius 3 is 2.50 bits per heavy atom. The Balaban J connectivity index is 1.46. The first-order valence-corrected chi connectivity index (χ1v) is 11.4. The topological polar surface area (TPSA) is 72.9 Å². The normalized spacial score (nSPS) is 11.0. The summed E-state index contributed by atoms with van der Waals surface area (Å²) >= 11 is 3.43. The number of benzene rings is 2. The second-order valence-electron chi connectivity index (χ2n) is 7.74. The number of fused-ring (bicyclic) bond motifs is 1. The third-order valence-electron chi connectivity index (χ3n) is 5.14. The highest BCUT2D eigenvalue weighted by atomic mass is 79.9. The molecule has 0 aliphatic rings. The maximum absolute atomic E-state index is 14.1. The molecule has 34 heavy (non-hydrogen) atoms. The SMILES string of the molecule is Cc1cccc(COc2cc(OCc3ccccc3F)cc(-c3nc4ncc(Br)cc4[nH]3)c2)n1. The Kier molecular flexibility index (Phi) is 6.22. The van der Waals surface area contributed by atoms with Crippen LogP contribution in [0.2, 0.25) is 0 Å². The maximum atomic E-state index is 14.1. The van der Waals surface area contributed by atoms with Crippen LogP contribution in [-0.4, -0.2) is 19.9 Å². The minimum Gasteiger partial charge on any atom is -0.489 e. The van der Waals surface area contributed by atoms with Crippen molar-refractivity contribution in [3.05, 3.63) is 100 Å². The molecule has 0 radical (unpaired) electrons. The highest BCUT2D eigenvalue weighted by molar-refractivity contribution is 9.10. The zero-order chi connectivity index (χ0) is 23.5. The van der Waals surface area contributed by atoms with Gasteiger partial charge in [0.25, 0.3) is 0 Å². The molecule has 0 saturated heterocycles. The molecule has 170 valence electrons. The zero-order valence-electron chi connectivity index (χ0n) is 18.3. The number of aromatic nitrogens is 4. The van der Waals surface area contributed by atoms with Gasteiger partial charge in [-0.2, -0.15) is 0 Å². The van der Waals surface area contributed by atoms with Crippen LogP contribution in [0.4, 0.5) is 4.39 Å². The summed E-state index contributed by atoms with van der Waals surface area (Å²) in [4.78, 5) is 16.7. The van der Waals surface area contributed by atoms with E-state index in [0.29, 0.717) is 35.1 Å². The Hall–Kier alpha value is -3.78. The molecule has 0 saturated carbocycles. The lowest BCUT2D eigenvalue weighted by atomic mass is 10.2. The molecular formula is C26H20BrFN4O2. The fourth-order valence-corrected chi connectivity index (χ4v) is 3.83. The number of ether oxygens (including phenoxy) is 2. The Bertz CT molecular complexity index is 1470. The molecule has 5 aromatic rings. The molecule has 6 nitrogen and oxygen atoms in total. The van der Waals surface area contributed by atoms with Gasteiger partial charge in [-0.3, -0.25) is 4.98 Å².